The zero-order chi connectivity index (χ0) is 21.3. The van der Waals surface area contributed by atoms with Crippen molar-refractivity contribution < 1.29 is 13.9 Å². The summed E-state index contributed by atoms with van der Waals surface area (Å²) in [6, 6.07) is 20.6. The van der Waals surface area contributed by atoms with Crippen molar-refractivity contribution in [1.29, 1.82) is 0 Å². The molecule has 4 nitrogen and oxygen atoms in total. The molecule has 30 heavy (non-hydrogen) atoms. The number of fused-ring (bicyclic) bond motifs is 1. The minimum Gasteiger partial charge on any atom is -0.460 e. The largest absolute Gasteiger partial charge is 0.460 e. The van der Waals surface area contributed by atoms with Gasteiger partial charge in [0.15, 0.2) is 5.38 Å². The molecule has 1 unspecified atom stereocenters. The van der Waals surface area contributed by atoms with Gasteiger partial charge in [-0.15, -0.1) is 11.6 Å². The maximum Gasteiger partial charge on any atom is 0.334 e. The summed E-state index contributed by atoms with van der Waals surface area (Å²) in [5.74, 6) is 0.0905. The van der Waals surface area contributed by atoms with Crippen LogP contribution in [0.2, 0.25) is 5.02 Å². The highest BCUT2D eigenvalue weighted by Gasteiger charge is 2.21. The second-order valence-corrected chi connectivity index (χ2v) is 7.59. The first kappa shape index (κ1) is 20.2. The van der Waals surface area contributed by atoms with Gasteiger partial charge in [-0.25, -0.2) is 4.79 Å². The van der Waals surface area contributed by atoms with Crippen LogP contribution in [-0.2, 0) is 4.79 Å². The third-order valence-electron chi connectivity index (χ3n) is 4.69. The van der Waals surface area contributed by atoms with Gasteiger partial charge < -0.3 is 9.15 Å². The Kier molecular flexibility index (Phi) is 5.62. The van der Waals surface area contributed by atoms with Crippen molar-refractivity contribution in [3.8, 4) is 16.9 Å². The number of esters is 1. The van der Waals surface area contributed by atoms with Crippen LogP contribution in [0.3, 0.4) is 0 Å². The van der Waals surface area contributed by atoms with E-state index in [4.69, 9.17) is 32.4 Å². The molecule has 150 valence electrons. The van der Waals surface area contributed by atoms with E-state index in [0.717, 1.165) is 5.56 Å². The predicted molar refractivity (Wildman–Crippen MR) is 118 cm³/mol. The first-order valence-electron chi connectivity index (χ1n) is 9.18. The van der Waals surface area contributed by atoms with Crippen LogP contribution in [0.1, 0.15) is 16.7 Å². The molecule has 4 aromatic rings. The number of halogens is 2. The molecule has 0 aliphatic rings. The first-order valence-corrected chi connectivity index (χ1v) is 9.99. The van der Waals surface area contributed by atoms with Gasteiger partial charge in [-0.05, 0) is 42.3 Å². The zero-order valence-corrected chi connectivity index (χ0v) is 17.4. The number of carbonyl (C=O) groups excluding carboxylic acids is 1. The molecule has 0 saturated heterocycles. The average molecular weight is 439 g/mol. The lowest BCUT2D eigenvalue weighted by Gasteiger charge is -2.11. The normalized spacial score (nSPS) is 12.0. The van der Waals surface area contributed by atoms with E-state index in [1.54, 1.807) is 67.6 Å². The van der Waals surface area contributed by atoms with Crippen LogP contribution in [0.15, 0.2) is 82.0 Å². The molecular weight excluding hydrogens is 423 g/mol. The Labute approximate surface area is 182 Å². The van der Waals surface area contributed by atoms with E-state index in [0.29, 0.717) is 32.9 Å². The van der Waals surface area contributed by atoms with E-state index in [2.05, 4.69) is 0 Å². The Morgan fingerprint density at radius 2 is 1.70 bits per heavy atom. The minimum absolute atomic E-state index is 0.173. The van der Waals surface area contributed by atoms with E-state index < -0.39 is 11.3 Å². The standard InChI is InChI=1S/C24H16Cl2O4/c1-14-21(15-7-9-17(25)10-8-15)23(27)19-12-11-18(13-20(19)29-14)30-24(28)22(26)16-5-3-2-4-6-16/h2-13,22H,1H3. The zero-order valence-electron chi connectivity index (χ0n) is 15.9. The highest BCUT2D eigenvalue weighted by molar-refractivity contribution is 6.30. The van der Waals surface area contributed by atoms with E-state index in [1.165, 1.54) is 6.07 Å². The summed E-state index contributed by atoms with van der Waals surface area (Å²) < 4.78 is 11.3. The highest BCUT2D eigenvalue weighted by Crippen LogP contribution is 2.28. The number of benzene rings is 3. The summed E-state index contributed by atoms with van der Waals surface area (Å²) in [4.78, 5) is 25.4. The van der Waals surface area contributed by atoms with Gasteiger partial charge in [-0.2, -0.15) is 0 Å². The van der Waals surface area contributed by atoms with Crippen molar-refractivity contribution in [2.45, 2.75) is 12.3 Å². The molecule has 4 rings (SSSR count). The molecule has 3 aromatic carbocycles. The fraction of sp³-hybridized carbons (Fsp3) is 0.0833. The Hall–Kier alpha value is -3.08. The Balaban J connectivity index is 1.67. The minimum atomic E-state index is -0.942. The van der Waals surface area contributed by atoms with Gasteiger partial charge in [-0.3, -0.25) is 4.79 Å². The van der Waals surface area contributed by atoms with Crippen molar-refractivity contribution in [2.75, 3.05) is 0 Å². The molecule has 1 heterocycles. The van der Waals surface area contributed by atoms with Crippen molar-refractivity contribution in [2.24, 2.45) is 0 Å². The molecule has 1 aromatic heterocycles. The first-order chi connectivity index (χ1) is 14.4. The molecule has 1 atom stereocenters. The molecule has 0 aliphatic heterocycles. The van der Waals surface area contributed by atoms with Gasteiger partial charge in [0, 0.05) is 11.1 Å². The molecule has 0 amide bonds. The van der Waals surface area contributed by atoms with E-state index in [9.17, 15) is 9.59 Å². The van der Waals surface area contributed by atoms with Crippen molar-refractivity contribution >= 4 is 40.1 Å². The van der Waals surface area contributed by atoms with Crippen LogP contribution in [0.4, 0.5) is 0 Å². The summed E-state index contributed by atoms with van der Waals surface area (Å²) in [5.41, 5.74) is 1.98. The van der Waals surface area contributed by atoms with Crippen LogP contribution < -0.4 is 10.2 Å². The topological polar surface area (TPSA) is 56.5 Å². The summed E-state index contributed by atoms with van der Waals surface area (Å²) in [6.07, 6.45) is 0. The molecule has 0 spiro atoms. The monoisotopic (exact) mass is 438 g/mol. The Morgan fingerprint density at radius 1 is 1.00 bits per heavy atom. The third kappa shape index (κ3) is 3.97. The molecule has 0 bridgehead atoms. The van der Waals surface area contributed by atoms with Gasteiger partial charge in [0.1, 0.15) is 17.1 Å². The maximum atomic E-state index is 13.0. The van der Waals surface area contributed by atoms with Gasteiger partial charge in [0.2, 0.25) is 5.43 Å². The molecule has 0 fully saturated rings. The van der Waals surface area contributed by atoms with Gasteiger partial charge >= 0.3 is 5.97 Å². The van der Waals surface area contributed by atoms with Crippen LogP contribution in [0.5, 0.6) is 5.75 Å². The number of hydrogen-bond acceptors (Lipinski definition) is 4. The Morgan fingerprint density at radius 3 is 2.40 bits per heavy atom. The van der Waals surface area contributed by atoms with Crippen LogP contribution >= 0.6 is 23.2 Å². The summed E-state index contributed by atoms with van der Waals surface area (Å²) in [6.45, 7) is 1.72. The molecule has 0 N–H and O–H groups in total. The third-order valence-corrected chi connectivity index (χ3v) is 5.37. The second kappa shape index (κ2) is 8.34. The van der Waals surface area contributed by atoms with Crippen molar-refractivity contribution in [3.63, 3.8) is 0 Å². The van der Waals surface area contributed by atoms with Crippen LogP contribution in [0, 0.1) is 6.92 Å². The summed E-state index contributed by atoms with van der Waals surface area (Å²) in [5, 5.41) is 0.0277. The average Bonchev–Trinajstić information content (AvgIpc) is 2.75. The lowest BCUT2D eigenvalue weighted by atomic mass is 10.0. The molecule has 0 aliphatic carbocycles. The quantitative estimate of drug-likeness (QED) is 0.213. The fourth-order valence-electron chi connectivity index (χ4n) is 3.23. The van der Waals surface area contributed by atoms with Gasteiger partial charge in [0.05, 0.1) is 10.9 Å². The highest BCUT2D eigenvalue weighted by atomic mass is 35.5. The van der Waals surface area contributed by atoms with E-state index in [-0.39, 0.29) is 11.2 Å². The lowest BCUT2D eigenvalue weighted by molar-refractivity contribution is -0.134. The number of rotatable bonds is 4. The number of ether oxygens (including phenoxy) is 1. The SMILES string of the molecule is Cc1oc2cc(OC(=O)C(Cl)c3ccccc3)ccc2c(=O)c1-c1ccc(Cl)cc1. The van der Waals surface area contributed by atoms with Gasteiger partial charge in [0.25, 0.3) is 0 Å². The lowest BCUT2D eigenvalue weighted by Crippen LogP contribution is -2.14. The second-order valence-electron chi connectivity index (χ2n) is 6.72. The predicted octanol–water partition coefficient (Wildman–Crippen LogP) is 6.31. The number of carbonyl (C=O) groups is 1. The summed E-state index contributed by atoms with van der Waals surface area (Å²) in [7, 11) is 0. The number of hydrogen-bond donors (Lipinski definition) is 0. The molecular formula is C24H16Cl2O4. The molecule has 0 saturated carbocycles. The van der Waals surface area contributed by atoms with Crippen molar-refractivity contribution in [3.05, 3.63) is 99.4 Å². The molecule has 0 radical (unpaired) electrons. The fourth-order valence-corrected chi connectivity index (χ4v) is 3.54. The van der Waals surface area contributed by atoms with Crippen LogP contribution in [0.25, 0.3) is 22.1 Å². The maximum absolute atomic E-state index is 13.0. The van der Waals surface area contributed by atoms with Gasteiger partial charge in [-0.1, -0.05) is 54.1 Å². The Bertz CT molecular complexity index is 1280. The van der Waals surface area contributed by atoms with Crippen LogP contribution in [-0.4, -0.2) is 5.97 Å². The van der Waals surface area contributed by atoms with E-state index >= 15 is 0 Å². The van der Waals surface area contributed by atoms with E-state index in [1.807, 2.05) is 6.07 Å². The molecule has 6 heteroatoms. The van der Waals surface area contributed by atoms with Crippen molar-refractivity contribution in [1.82, 2.24) is 0 Å². The summed E-state index contributed by atoms with van der Waals surface area (Å²) >= 11 is 12.2. The number of alkyl halides is 1. The smallest absolute Gasteiger partial charge is 0.334 e. The number of aryl methyl sites for hydroxylation is 1.